The molecule has 1 aliphatic carbocycles. The van der Waals surface area contributed by atoms with Crippen LogP contribution in [0.5, 0.6) is 0 Å². The second-order valence-electron chi connectivity index (χ2n) is 4.46. The van der Waals surface area contributed by atoms with Crippen LogP contribution in [0, 0.1) is 0 Å². The zero-order valence-electron chi connectivity index (χ0n) is 10.1. The summed E-state index contributed by atoms with van der Waals surface area (Å²) < 4.78 is 1.38. The smallest absolute Gasteiger partial charge is 0.0890 e. The van der Waals surface area contributed by atoms with Crippen molar-refractivity contribution >= 4 is 0 Å². The van der Waals surface area contributed by atoms with Crippen molar-refractivity contribution in [2.45, 2.75) is 58.9 Å². The van der Waals surface area contributed by atoms with E-state index in [0.717, 1.165) is 6.04 Å². The summed E-state index contributed by atoms with van der Waals surface area (Å²) in [5.41, 5.74) is 0. The Morgan fingerprint density at radius 2 is 1.29 bits per heavy atom. The molecule has 1 saturated carbocycles. The first-order valence-electron chi connectivity index (χ1n) is 6.14. The van der Waals surface area contributed by atoms with Gasteiger partial charge in [0, 0.05) is 0 Å². The standard InChI is InChI=1S/C12H26N.HI/c1-4-13(5-2,6-3)12-10-8-7-9-11-12;/h12H,4-11H2,1-3H3;1H/q+1;/p-1. The third kappa shape index (κ3) is 3.09. The molecule has 1 rings (SSSR count). The Hall–Kier alpha value is 0.690. The van der Waals surface area contributed by atoms with Gasteiger partial charge in [-0.25, -0.2) is 0 Å². The molecule has 0 bridgehead atoms. The second kappa shape index (κ2) is 7.04. The molecule has 1 nitrogen and oxygen atoms in total. The van der Waals surface area contributed by atoms with Crippen molar-refractivity contribution in [1.82, 2.24) is 0 Å². The summed E-state index contributed by atoms with van der Waals surface area (Å²) in [6.07, 6.45) is 7.40. The molecule has 0 saturated heterocycles. The number of halogens is 1. The molecule has 0 aliphatic heterocycles. The van der Waals surface area contributed by atoms with Crippen molar-refractivity contribution in [3.05, 3.63) is 0 Å². The average molecular weight is 311 g/mol. The number of nitrogens with zero attached hydrogens (tertiary/aromatic N) is 1. The Labute approximate surface area is 107 Å². The molecule has 0 N–H and O–H groups in total. The third-order valence-corrected chi connectivity index (χ3v) is 4.24. The summed E-state index contributed by atoms with van der Waals surface area (Å²) >= 11 is 0. The Kier molecular flexibility index (Phi) is 7.39. The zero-order chi connectivity index (χ0) is 9.73. The van der Waals surface area contributed by atoms with Gasteiger partial charge in [0.15, 0.2) is 0 Å². The molecule has 0 aromatic heterocycles. The predicted octanol–water partition coefficient (Wildman–Crippen LogP) is 0.200. The fourth-order valence-electron chi connectivity index (χ4n) is 3.07. The maximum atomic E-state index is 2.36. The molecule has 0 spiro atoms. The van der Waals surface area contributed by atoms with Gasteiger partial charge in [-0.05, 0) is 46.5 Å². The van der Waals surface area contributed by atoms with Crippen molar-refractivity contribution < 1.29 is 28.5 Å². The first-order valence-corrected chi connectivity index (χ1v) is 6.14. The summed E-state index contributed by atoms with van der Waals surface area (Å²) in [7, 11) is 0. The molecule has 86 valence electrons. The first kappa shape index (κ1) is 14.7. The quantitative estimate of drug-likeness (QED) is 0.514. The number of hydrogen-bond acceptors (Lipinski definition) is 0. The van der Waals surface area contributed by atoms with E-state index in [0.29, 0.717) is 0 Å². The SMILES string of the molecule is CC[N+](CC)(CC)C1CCCCC1.[I-]. The van der Waals surface area contributed by atoms with E-state index in [2.05, 4.69) is 20.8 Å². The van der Waals surface area contributed by atoms with Crippen molar-refractivity contribution in [3.8, 4) is 0 Å². The summed E-state index contributed by atoms with van der Waals surface area (Å²) in [4.78, 5) is 0. The lowest BCUT2D eigenvalue weighted by Gasteiger charge is -2.44. The van der Waals surface area contributed by atoms with Crippen molar-refractivity contribution in [3.63, 3.8) is 0 Å². The van der Waals surface area contributed by atoms with E-state index in [4.69, 9.17) is 0 Å². The molecule has 0 aromatic rings. The Morgan fingerprint density at radius 3 is 1.64 bits per heavy atom. The molecular formula is C12H26IN. The van der Waals surface area contributed by atoms with Crippen LogP contribution in [-0.4, -0.2) is 30.2 Å². The highest BCUT2D eigenvalue weighted by atomic mass is 127. The van der Waals surface area contributed by atoms with Crippen molar-refractivity contribution in [2.24, 2.45) is 0 Å². The predicted molar refractivity (Wildman–Crippen MR) is 58.8 cm³/mol. The van der Waals surface area contributed by atoms with E-state index in [1.165, 1.54) is 56.2 Å². The van der Waals surface area contributed by atoms with Gasteiger partial charge in [-0.2, -0.15) is 0 Å². The van der Waals surface area contributed by atoms with Crippen LogP contribution < -0.4 is 24.0 Å². The Bertz CT molecular complexity index is 129. The zero-order valence-corrected chi connectivity index (χ0v) is 12.2. The molecule has 1 aliphatic rings. The van der Waals surface area contributed by atoms with E-state index >= 15 is 0 Å². The lowest BCUT2D eigenvalue weighted by atomic mass is 9.92. The molecule has 0 aromatic carbocycles. The van der Waals surface area contributed by atoms with Crippen LogP contribution in [0.4, 0.5) is 0 Å². The van der Waals surface area contributed by atoms with Crippen LogP contribution in [0.25, 0.3) is 0 Å². The minimum absolute atomic E-state index is 0. The fraction of sp³-hybridized carbons (Fsp3) is 1.00. The average Bonchev–Trinajstić information content (AvgIpc) is 2.23. The highest BCUT2D eigenvalue weighted by Gasteiger charge is 2.32. The Morgan fingerprint density at radius 1 is 0.857 bits per heavy atom. The molecule has 14 heavy (non-hydrogen) atoms. The summed E-state index contributed by atoms with van der Waals surface area (Å²) in [6, 6.07) is 0.980. The molecule has 0 atom stereocenters. The maximum absolute atomic E-state index is 2.36. The van der Waals surface area contributed by atoms with Gasteiger partial charge in [0.05, 0.1) is 25.7 Å². The van der Waals surface area contributed by atoms with Gasteiger partial charge >= 0.3 is 0 Å². The number of rotatable bonds is 4. The highest BCUT2D eigenvalue weighted by Crippen LogP contribution is 2.27. The van der Waals surface area contributed by atoms with Gasteiger partial charge in [-0.15, -0.1) is 0 Å². The van der Waals surface area contributed by atoms with Crippen LogP contribution >= 0.6 is 0 Å². The topological polar surface area (TPSA) is 0 Å². The maximum Gasteiger partial charge on any atom is 0.0890 e. The second-order valence-corrected chi connectivity index (χ2v) is 4.46. The summed E-state index contributed by atoms with van der Waals surface area (Å²) in [6.45, 7) is 11.1. The minimum atomic E-state index is 0. The lowest BCUT2D eigenvalue weighted by Crippen LogP contribution is -3.00. The van der Waals surface area contributed by atoms with Gasteiger partial charge in [-0.3, -0.25) is 0 Å². The molecule has 0 unspecified atom stereocenters. The van der Waals surface area contributed by atoms with E-state index in [9.17, 15) is 0 Å². The monoisotopic (exact) mass is 311 g/mol. The van der Waals surface area contributed by atoms with Crippen LogP contribution in [0.3, 0.4) is 0 Å². The molecule has 0 heterocycles. The van der Waals surface area contributed by atoms with Gasteiger partial charge in [-0.1, -0.05) is 6.42 Å². The molecule has 0 amide bonds. The van der Waals surface area contributed by atoms with Crippen molar-refractivity contribution in [2.75, 3.05) is 19.6 Å². The first-order chi connectivity index (χ1) is 6.29. The number of hydrogen-bond donors (Lipinski definition) is 0. The van der Waals surface area contributed by atoms with Gasteiger partial charge in [0.1, 0.15) is 0 Å². The third-order valence-electron chi connectivity index (χ3n) is 4.24. The fourth-order valence-corrected chi connectivity index (χ4v) is 3.07. The van der Waals surface area contributed by atoms with Crippen LogP contribution in [-0.2, 0) is 0 Å². The summed E-state index contributed by atoms with van der Waals surface area (Å²) in [5, 5.41) is 0. The van der Waals surface area contributed by atoms with Crippen LogP contribution in [0.1, 0.15) is 52.9 Å². The van der Waals surface area contributed by atoms with Crippen LogP contribution in [0.2, 0.25) is 0 Å². The van der Waals surface area contributed by atoms with E-state index in [1.807, 2.05) is 0 Å². The van der Waals surface area contributed by atoms with E-state index < -0.39 is 0 Å². The normalized spacial score (nSPS) is 19.1. The number of quaternary nitrogens is 1. The highest BCUT2D eigenvalue weighted by molar-refractivity contribution is 4.66. The van der Waals surface area contributed by atoms with Gasteiger partial charge in [0.25, 0.3) is 0 Å². The van der Waals surface area contributed by atoms with Gasteiger partial charge < -0.3 is 28.5 Å². The largest absolute Gasteiger partial charge is 1.00 e. The Balaban J connectivity index is 0.00000169. The van der Waals surface area contributed by atoms with Crippen molar-refractivity contribution in [1.29, 1.82) is 0 Å². The molecule has 0 radical (unpaired) electrons. The molecule has 2 heteroatoms. The molecule has 1 fully saturated rings. The van der Waals surface area contributed by atoms with E-state index in [-0.39, 0.29) is 24.0 Å². The molecular weight excluding hydrogens is 285 g/mol. The summed E-state index contributed by atoms with van der Waals surface area (Å²) in [5.74, 6) is 0. The minimum Gasteiger partial charge on any atom is -1.00 e. The van der Waals surface area contributed by atoms with E-state index in [1.54, 1.807) is 0 Å². The van der Waals surface area contributed by atoms with Gasteiger partial charge in [0.2, 0.25) is 0 Å². The van der Waals surface area contributed by atoms with Crippen LogP contribution in [0.15, 0.2) is 0 Å². The lowest BCUT2D eigenvalue weighted by molar-refractivity contribution is -0.947.